The van der Waals surface area contributed by atoms with Crippen molar-refractivity contribution < 1.29 is 9.53 Å². The van der Waals surface area contributed by atoms with Crippen molar-refractivity contribution in [3.63, 3.8) is 0 Å². The topological polar surface area (TPSA) is 63.2 Å². The number of ether oxygens (including phenoxy) is 1. The van der Waals surface area contributed by atoms with Crippen molar-refractivity contribution in [3.05, 3.63) is 54.4 Å². The van der Waals surface area contributed by atoms with E-state index >= 15 is 0 Å². The predicted molar refractivity (Wildman–Crippen MR) is 82.3 cm³/mol. The van der Waals surface area contributed by atoms with Crippen LogP contribution in [0.4, 0.5) is 5.69 Å². The normalized spacial score (nSPS) is 11.7. The van der Waals surface area contributed by atoms with Crippen LogP contribution in [-0.4, -0.2) is 24.5 Å². The highest BCUT2D eigenvalue weighted by Gasteiger charge is 2.09. The number of carbonyl (C=O) groups excluding carboxylic acids is 1. The van der Waals surface area contributed by atoms with Gasteiger partial charge in [0, 0.05) is 18.4 Å². The van der Waals surface area contributed by atoms with Crippen molar-refractivity contribution in [1.82, 2.24) is 10.3 Å². The van der Waals surface area contributed by atoms with Crippen LogP contribution in [0.25, 0.3) is 0 Å². The number of pyridine rings is 1. The summed E-state index contributed by atoms with van der Waals surface area (Å²) in [5, 5.41) is 6.01. The Bertz CT molecular complexity index is 587. The minimum Gasteiger partial charge on any atom is -0.495 e. The molecular weight excluding hydrogens is 266 g/mol. The number of benzene rings is 1. The lowest BCUT2D eigenvalue weighted by Crippen LogP contribution is -2.30. The minimum atomic E-state index is -0.111. The molecule has 1 atom stereocenters. The third kappa shape index (κ3) is 4.29. The molecule has 1 amide bonds. The van der Waals surface area contributed by atoms with Crippen LogP contribution in [-0.2, 0) is 4.79 Å². The number of rotatable bonds is 6. The highest BCUT2D eigenvalue weighted by atomic mass is 16.5. The largest absolute Gasteiger partial charge is 0.495 e. The maximum atomic E-state index is 12.0. The fraction of sp³-hybridized carbons (Fsp3) is 0.250. The summed E-state index contributed by atoms with van der Waals surface area (Å²) in [5.41, 5.74) is 1.76. The summed E-state index contributed by atoms with van der Waals surface area (Å²) in [4.78, 5) is 16.0. The van der Waals surface area contributed by atoms with Gasteiger partial charge in [0.15, 0.2) is 0 Å². The fourth-order valence-electron chi connectivity index (χ4n) is 1.96. The molecule has 1 aromatic carbocycles. The number of anilines is 1. The SMILES string of the molecule is COc1ccccc1NC(=O)CNC(C)c1ccncc1. The van der Waals surface area contributed by atoms with Gasteiger partial charge in [0.05, 0.1) is 19.3 Å². The first-order valence-electron chi connectivity index (χ1n) is 6.77. The molecule has 0 saturated carbocycles. The number of amides is 1. The molecule has 0 saturated heterocycles. The van der Waals surface area contributed by atoms with Gasteiger partial charge in [0.25, 0.3) is 0 Å². The molecule has 2 aromatic rings. The Labute approximate surface area is 124 Å². The maximum Gasteiger partial charge on any atom is 0.238 e. The van der Waals surface area contributed by atoms with Crippen molar-refractivity contribution >= 4 is 11.6 Å². The van der Waals surface area contributed by atoms with Crippen LogP contribution in [0, 0.1) is 0 Å². The molecule has 0 aliphatic carbocycles. The van der Waals surface area contributed by atoms with Gasteiger partial charge in [0.1, 0.15) is 5.75 Å². The van der Waals surface area contributed by atoms with Gasteiger partial charge in [-0.25, -0.2) is 0 Å². The lowest BCUT2D eigenvalue weighted by molar-refractivity contribution is -0.115. The molecule has 0 spiro atoms. The Morgan fingerprint density at radius 3 is 2.67 bits per heavy atom. The van der Waals surface area contributed by atoms with E-state index < -0.39 is 0 Å². The van der Waals surface area contributed by atoms with Crippen LogP contribution >= 0.6 is 0 Å². The highest BCUT2D eigenvalue weighted by molar-refractivity contribution is 5.93. The van der Waals surface area contributed by atoms with Gasteiger partial charge in [-0.15, -0.1) is 0 Å². The van der Waals surface area contributed by atoms with E-state index in [1.165, 1.54) is 0 Å². The predicted octanol–water partition coefficient (Wildman–Crippen LogP) is 2.38. The zero-order valence-electron chi connectivity index (χ0n) is 12.2. The summed E-state index contributed by atoms with van der Waals surface area (Å²) in [6.45, 7) is 2.23. The monoisotopic (exact) mass is 285 g/mol. The second kappa shape index (κ2) is 7.40. The van der Waals surface area contributed by atoms with E-state index in [0.29, 0.717) is 11.4 Å². The number of nitrogens with zero attached hydrogens (tertiary/aromatic N) is 1. The van der Waals surface area contributed by atoms with Crippen LogP contribution in [0.3, 0.4) is 0 Å². The summed E-state index contributed by atoms with van der Waals surface area (Å²) in [6, 6.07) is 11.3. The van der Waals surface area contributed by atoms with Gasteiger partial charge < -0.3 is 15.4 Å². The average molecular weight is 285 g/mol. The Morgan fingerprint density at radius 2 is 1.95 bits per heavy atom. The number of nitrogens with one attached hydrogen (secondary N) is 2. The Kier molecular flexibility index (Phi) is 5.29. The number of para-hydroxylation sites is 2. The van der Waals surface area contributed by atoms with Crippen molar-refractivity contribution in [2.45, 2.75) is 13.0 Å². The van der Waals surface area contributed by atoms with Crippen molar-refractivity contribution in [3.8, 4) is 5.75 Å². The third-order valence-electron chi connectivity index (χ3n) is 3.16. The second-order valence-corrected chi connectivity index (χ2v) is 4.63. The fourth-order valence-corrected chi connectivity index (χ4v) is 1.96. The molecule has 0 aliphatic heterocycles. The van der Waals surface area contributed by atoms with Crippen LogP contribution < -0.4 is 15.4 Å². The lowest BCUT2D eigenvalue weighted by atomic mass is 10.1. The zero-order valence-corrected chi connectivity index (χ0v) is 12.2. The number of aromatic nitrogens is 1. The minimum absolute atomic E-state index is 0.0800. The first kappa shape index (κ1) is 15.0. The van der Waals surface area contributed by atoms with Crippen molar-refractivity contribution in [2.75, 3.05) is 19.0 Å². The van der Waals surface area contributed by atoms with Gasteiger partial charge in [0.2, 0.25) is 5.91 Å². The Hall–Kier alpha value is -2.40. The summed E-state index contributed by atoms with van der Waals surface area (Å²) >= 11 is 0. The Morgan fingerprint density at radius 1 is 1.24 bits per heavy atom. The van der Waals surface area contributed by atoms with Gasteiger partial charge in [-0.05, 0) is 36.8 Å². The first-order chi connectivity index (χ1) is 10.2. The molecule has 1 aromatic heterocycles. The maximum absolute atomic E-state index is 12.0. The third-order valence-corrected chi connectivity index (χ3v) is 3.16. The van der Waals surface area contributed by atoms with Crippen LogP contribution in [0.5, 0.6) is 5.75 Å². The first-order valence-corrected chi connectivity index (χ1v) is 6.77. The van der Waals surface area contributed by atoms with E-state index in [0.717, 1.165) is 5.56 Å². The van der Waals surface area contributed by atoms with Gasteiger partial charge in [-0.2, -0.15) is 0 Å². The van der Waals surface area contributed by atoms with Crippen molar-refractivity contribution in [2.24, 2.45) is 0 Å². The van der Waals surface area contributed by atoms with Crippen LogP contribution in [0.2, 0.25) is 0 Å². The molecule has 0 aliphatic rings. The van der Waals surface area contributed by atoms with E-state index in [2.05, 4.69) is 15.6 Å². The average Bonchev–Trinajstić information content (AvgIpc) is 2.54. The molecule has 2 N–H and O–H groups in total. The highest BCUT2D eigenvalue weighted by Crippen LogP contribution is 2.22. The molecule has 1 unspecified atom stereocenters. The molecule has 0 bridgehead atoms. The molecule has 0 fully saturated rings. The van der Waals surface area contributed by atoms with E-state index in [9.17, 15) is 4.79 Å². The van der Waals surface area contributed by atoms with Crippen LogP contribution in [0.1, 0.15) is 18.5 Å². The van der Waals surface area contributed by atoms with E-state index in [1.54, 1.807) is 19.5 Å². The van der Waals surface area contributed by atoms with Gasteiger partial charge >= 0.3 is 0 Å². The standard InChI is InChI=1S/C16H19N3O2/c1-12(13-7-9-17-10-8-13)18-11-16(20)19-14-5-3-4-6-15(14)21-2/h3-10,12,18H,11H2,1-2H3,(H,19,20). The Balaban J connectivity index is 1.88. The van der Waals surface area contributed by atoms with E-state index in [-0.39, 0.29) is 18.5 Å². The summed E-state index contributed by atoms with van der Waals surface area (Å²) in [6.07, 6.45) is 3.48. The zero-order chi connectivity index (χ0) is 15.1. The molecule has 1 heterocycles. The summed E-state index contributed by atoms with van der Waals surface area (Å²) < 4.78 is 5.20. The smallest absolute Gasteiger partial charge is 0.238 e. The quantitative estimate of drug-likeness (QED) is 0.855. The lowest BCUT2D eigenvalue weighted by Gasteiger charge is -2.14. The molecule has 110 valence electrons. The van der Waals surface area contributed by atoms with Gasteiger partial charge in [-0.1, -0.05) is 12.1 Å². The summed E-state index contributed by atoms with van der Waals surface area (Å²) in [5.74, 6) is 0.536. The van der Waals surface area contributed by atoms with Crippen molar-refractivity contribution in [1.29, 1.82) is 0 Å². The second-order valence-electron chi connectivity index (χ2n) is 4.63. The summed E-state index contributed by atoms with van der Waals surface area (Å²) in [7, 11) is 1.58. The van der Waals surface area contributed by atoms with Gasteiger partial charge in [-0.3, -0.25) is 9.78 Å². The van der Waals surface area contributed by atoms with E-state index in [1.807, 2.05) is 43.3 Å². The molecule has 5 nitrogen and oxygen atoms in total. The van der Waals surface area contributed by atoms with E-state index in [4.69, 9.17) is 4.74 Å². The number of methoxy groups -OCH3 is 1. The number of hydrogen-bond donors (Lipinski definition) is 2. The molecular formula is C16H19N3O2. The van der Waals surface area contributed by atoms with Crippen LogP contribution in [0.15, 0.2) is 48.8 Å². The molecule has 2 rings (SSSR count). The number of hydrogen-bond acceptors (Lipinski definition) is 4. The molecule has 5 heteroatoms. The number of carbonyl (C=O) groups is 1. The molecule has 0 radical (unpaired) electrons. The molecule has 21 heavy (non-hydrogen) atoms.